The number of nitrogens with zero attached hydrogens (tertiary/aromatic N) is 4. The Morgan fingerprint density at radius 1 is 1.08 bits per heavy atom. The van der Waals surface area contributed by atoms with Gasteiger partial charge in [-0.2, -0.15) is 9.29 Å². The molecule has 2 saturated heterocycles. The molecule has 0 radical (unpaired) electrons. The van der Waals surface area contributed by atoms with Crippen LogP contribution in [0.25, 0.3) is 11.4 Å². The van der Waals surface area contributed by atoms with Gasteiger partial charge in [-0.05, 0) is 69.8 Å². The van der Waals surface area contributed by atoms with E-state index in [9.17, 15) is 13.2 Å². The summed E-state index contributed by atoms with van der Waals surface area (Å²) in [4.78, 5) is 20.1. The molecule has 2 fully saturated rings. The van der Waals surface area contributed by atoms with Gasteiger partial charge in [0, 0.05) is 30.9 Å². The van der Waals surface area contributed by atoms with Gasteiger partial charge in [-0.3, -0.25) is 9.69 Å². The van der Waals surface area contributed by atoms with Crippen LogP contribution in [0.4, 0.5) is 5.69 Å². The highest BCUT2D eigenvalue weighted by molar-refractivity contribution is 7.89. The van der Waals surface area contributed by atoms with Gasteiger partial charge in [-0.1, -0.05) is 35.0 Å². The number of piperidine rings is 1. The minimum atomic E-state index is -3.57. The van der Waals surface area contributed by atoms with E-state index in [1.54, 1.807) is 25.1 Å². The Bertz CT molecular complexity index is 1380. The molecule has 9 nitrogen and oxygen atoms in total. The average molecular weight is 524 g/mol. The van der Waals surface area contributed by atoms with Crippen LogP contribution in [-0.2, 0) is 21.4 Å². The second kappa shape index (κ2) is 10.7. The van der Waals surface area contributed by atoms with E-state index in [1.165, 1.54) is 4.31 Å². The van der Waals surface area contributed by atoms with Gasteiger partial charge in [0.2, 0.25) is 27.6 Å². The highest BCUT2D eigenvalue weighted by atomic mass is 32.2. The maximum Gasteiger partial charge on any atom is 0.243 e. The van der Waals surface area contributed by atoms with E-state index in [0.717, 1.165) is 43.4 Å². The van der Waals surface area contributed by atoms with Gasteiger partial charge >= 0.3 is 0 Å². The maximum absolute atomic E-state index is 13.1. The van der Waals surface area contributed by atoms with Crippen molar-refractivity contribution in [1.29, 1.82) is 0 Å². The van der Waals surface area contributed by atoms with Crippen LogP contribution >= 0.6 is 0 Å². The first-order valence-corrected chi connectivity index (χ1v) is 14.3. The normalized spacial score (nSPS) is 19.2. The number of likely N-dealkylation sites (tertiary alicyclic amines) is 1. The number of amides is 1. The predicted octanol–water partition coefficient (Wildman–Crippen LogP) is 3.99. The number of carbonyl (C=O) groups excluding carboxylic acids is 1. The largest absolute Gasteiger partial charge is 0.338 e. The molecule has 3 aromatic rings. The molecule has 3 heterocycles. The summed E-state index contributed by atoms with van der Waals surface area (Å²) < 4.78 is 33.2. The lowest BCUT2D eigenvalue weighted by Gasteiger charge is -2.30. The maximum atomic E-state index is 13.1. The van der Waals surface area contributed by atoms with E-state index < -0.39 is 10.0 Å². The summed E-state index contributed by atoms with van der Waals surface area (Å²) in [5.74, 6) is 0.758. The van der Waals surface area contributed by atoms with Gasteiger partial charge in [0.1, 0.15) is 0 Å². The first kappa shape index (κ1) is 25.6. The molecule has 5 rings (SSSR count). The fourth-order valence-corrected chi connectivity index (χ4v) is 6.86. The minimum Gasteiger partial charge on any atom is -0.338 e. The zero-order valence-corrected chi connectivity index (χ0v) is 22.1. The Labute approximate surface area is 217 Å². The molecule has 1 atom stereocenters. The summed E-state index contributed by atoms with van der Waals surface area (Å²) in [7, 11) is -3.57. The first-order chi connectivity index (χ1) is 17.8. The summed E-state index contributed by atoms with van der Waals surface area (Å²) in [6.45, 7) is 6.78. The Kier molecular flexibility index (Phi) is 7.41. The molecule has 1 N–H and O–H groups in total. The molecule has 0 spiro atoms. The molecule has 37 heavy (non-hydrogen) atoms. The van der Waals surface area contributed by atoms with Gasteiger partial charge in [-0.15, -0.1) is 0 Å². The van der Waals surface area contributed by atoms with Gasteiger partial charge in [-0.25, -0.2) is 8.42 Å². The molecule has 1 aromatic heterocycles. The number of nitrogens with one attached hydrogen (secondary N) is 1. The Hall–Kier alpha value is -3.08. The van der Waals surface area contributed by atoms with Gasteiger partial charge < -0.3 is 9.84 Å². The van der Waals surface area contributed by atoms with E-state index in [2.05, 4.69) is 20.4 Å². The molecule has 196 valence electrons. The second-order valence-electron chi connectivity index (χ2n) is 10.0. The van der Waals surface area contributed by atoms with Crippen molar-refractivity contribution in [3.05, 3.63) is 59.5 Å². The number of rotatable bonds is 7. The van der Waals surface area contributed by atoms with Crippen molar-refractivity contribution in [2.24, 2.45) is 5.92 Å². The van der Waals surface area contributed by atoms with Crippen molar-refractivity contribution >= 4 is 21.6 Å². The van der Waals surface area contributed by atoms with Crippen molar-refractivity contribution in [1.82, 2.24) is 19.3 Å². The third-order valence-electron chi connectivity index (χ3n) is 7.12. The fourth-order valence-electron chi connectivity index (χ4n) is 5.09. The summed E-state index contributed by atoms with van der Waals surface area (Å²) in [6, 6.07) is 13.1. The third kappa shape index (κ3) is 5.76. The van der Waals surface area contributed by atoms with Gasteiger partial charge in [0.25, 0.3) is 0 Å². The zero-order chi connectivity index (χ0) is 26.0. The van der Waals surface area contributed by atoms with E-state index >= 15 is 0 Å². The van der Waals surface area contributed by atoms with Crippen molar-refractivity contribution in [2.75, 3.05) is 31.5 Å². The topological polar surface area (TPSA) is 109 Å². The molecule has 0 saturated carbocycles. The van der Waals surface area contributed by atoms with Crippen LogP contribution < -0.4 is 5.32 Å². The summed E-state index contributed by atoms with van der Waals surface area (Å²) in [5, 5.41) is 7.08. The lowest BCUT2D eigenvalue weighted by atomic mass is 9.97. The standard InChI is InChI=1S/C27H33N5O4S/c1-19-7-5-8-21(15-19)26-29-25(36-30-26)18-31-12-6-9-22(17-31)27(33)28-23-11-10-20(2)24(16-23)37(34,35)32-13-3-4-14-32/h5,7-8,10-11,15-16,22H,3-4,6,9,12-14,17-18H2,1-2H3,(H,28,33). The number of carbonyl (C=O) groups is 1. The summed E-state index contributed by atoms with van der Waals surface area (Å²) in [6.07, 6.45) is 3.40. The molecular weight excluding hydrogens is 490 g/mol. The minimum absolute atomic E-state index is 0.107. The predicted molar refractivity (Wildman–Crippen MR) is 140 cm³/mol. The Morgan fingerprint density at radius 3 is 2.68 bits per heavy atom. The van der Waals surface area contributed by atoms with Crippen molar-refractivity contribution < 1.29 is 17.7 Å². The molecule has 2 aromatic carbocycles. The molecule has 2 aliphatic heterocycles. The quantitative estimate of drug-likeness (QED) is 0.499. The number of sulfonamides is 1. The van der Waals surface area contributed by atoms with E-state index in [0.29, 0.717) is 49.1 Å². The lowest BCUT2D eigenvalue weighted by Crippen LogP contribution is -2.40. The van der Waals surface area contributed by atoms with E-state index in [4.69, 9.17) is 4.52 Å². The van der Waals surface area contributed by atoms with Crippen LogP contribution in [0.15, 0.2) is 51.9 Å². The van der Waals surface area contributed by atoms with Gasteiger partial charge in [0.05, 0.1) is 17.4 Å². The summed E-state index contributed by atoms with van der Waals surface area (Å²) in [5.41, 5.74) is 3.22. The molecule has 1 amide bonds. The van der Waals surface area contributed by atoms with Gasteiger partial charge in [0.15, 0.2) is 0 Å². The van der Waals surface area contributed by atoms with Crippen LogP contribution in [0.1, 0.15) is 42.7 Å². The Balaban J connectivity index is 1.23. The molecule has 0 bridgehead atoms. The van der Waals surface area contributed by atoms with Crippen LogP contribution in [0, 0.1) is 19.8 Å². The number of benzene rings is 2. The first-order valence-electron chi connectivity index (χ1n) is 12.8. The Morgan fingerprint density at radius 2 is 1.89 bits per heavy atom. The molecular formula is C27H33N5O4S. The second-order valence-corrected chi connectivity index (χ2v) is 11.9. The van der Waals surface area contributed by atoms with Crippen LogP contribution in [0.5, 0.6) is 0 Å². The molecule has 1 unspecified atom stereocenters. The number of hydrogen-bond acceptors (Lipinski definition) is 7. The van der Waals surface area contributed by atoms with Crippen molar-refractivity contribution in [2.45, 2.75) is 51.0 Å². The highest BCUT2D eigenvalue weighted by Gasteiger charge is 2.30. The smallest absolute Gasteiger partial charge is 0.243 e. The molecule has 2 aliphatic rings. The highest BCUT2D eigenvalue weighted by Crippen LogP contribution is 2.27. The number of aryl methyl sites for hydroxylation is 2. The third-order valence-corrected chi connectivity index (χ3v) is 9.16. The average Bonchev–Trinajstić information content (AvgIpc) is 3.58. The number of aromatic nitrogens is 2. The number of anilines is 1. The summed E-state index contributed by atoms with van der Waals surface area (Å²) >= 11 is 0. The molecule has 0 aliphatic carbocycles. The fraction of sp³-hybridized carbons (Fsp3) is 0.444. The van der Waals surface area contributed by atoms with Crippen LogP contribution in [0.2, 0.25) is 0 Å². The SMILES string of the molecule is Cc1cccc(-c2noc(CN3CCCC(C(=O)Nc4ccc(C)c(S(=O)(=O)N5CCCC5)c4)C3)n2)c1. The van der Waals surface area contributed by atoms with Crippen LogP contribution in [0.3, 0.4) is 0 Å². The van der Waals surface area contributed by atoms with E-state index in [1.807, 2.05) is 31.2 Å². The van der Waals surface area contributed by atoms with Crippen LogP contribution in [-0.4, -0.2) is 59.8 Å². The number of hydrogen-bond donors (Lipinski definition) is 1. The zero-order valence-electron chi connectivity index (χ0n) is 21.3. The monoisotopic (exact) mass is 523 g/mol. The van der Waals surface area contributed by atoms with Crippen molar-refractivity contribution in [3.8, 4) is 11.4 Å². The van der Waals surface area contributed by atoms with E-state index in [-0.39, 0.29) is 16.7 Å². The molecule has 10 heteroatoms. The van der Waals surface area contributed by atoms with Crippen molar-refractivity contribution in [3.63, 3.8) is 0 Å². The lowest BCUT2D eigenvalue weighted by molar-refractivity contribution is -0.121.